The summed E-state index contributed by atoms with van der Waals surface area (Å²) in [7, 11) is 0. The van der Waals surface area contributed by atoms with E-state index in [-0.39, 0.29) is 52.2 Å². The standard InChI is InChI=1S/C22H27N3O9S/c1-10-18(29)11-4-3-5-14(26)17(11)19(30)20(10)34-16(28)8-24-21(31)13(9-35-2)25-15(27)7-6-12(23)22(32)33/h3-5,12-13,26,29-30H,6-9,23H2,1-2H3,(H,24,31)(H,25,27)(H,32,33)/t12-,13-/m0/s1. The number of amides is 2. The molecule has 0 aliphatic carbocycles. The number of fused-ring (bicyclic) bond motifs is 1. The van der Waals surface area contributed by atoms with Gasteiger partial charge in [0, 0.05) is 23.1 Å². The fourth-order valence-electron chi connectivity index (χ4n) is 3.17. The summed E-state index contributed by atoms with van der Waals surface area (Å²) in [5.74, 6) is -4.88. The van der Waals surface area contributed by atoms with Gasteiger partial charge in [0.2, 0.25) is 11.8 Å². The molecule has 2 aromatic rings. The molecule has 190 valence electrons. The van der Waals surface area contributed by atoms with E-state index >= 15 is 0 Å². The number of thioether (sulfide) groups is 1. The van der Waals surface area contributed by atoms with Crippen molar-refractivity contribution in [1.29, 1.82) is 0 Å². The number of phenols is 3. The molecular formula is C22H27N3O9S. The molecule has 12 nitrogen and oxygen atoms in total. The van der Waals surface area contributed by atoms with Crippen molar-refractivity contribution in [2.45, 2.75) is 31.8 Å². The normalized spacial score (nSPS) is 12.5. The summed E-state index contributed by atoms with van der Waals surface area (Å²) in [6.07, 6.45) is 1.39. The van der Waals surface area contributed by atoms with Gasteiger partial charge in [-0.1, -0.05) is 12.1 Å². The number of phenolic OH excluding ortho intramolecular Hbond substituents is 3. The molecule has 0 aliphatic rings. The van der Waals surface area contributed by atoms with Gasteiger partial charge in [0.1, 0.15) is 30.1 Å². The lowest BCUT2D eigenvalue weighted by Crippen LogP contribution is -2.49. The van der Waals surface area contributed by atoms with Gasteiger partial charge in [-0.05, 0) is 25.7 Å². The largest absolute Gasteiger partial charge is 0.507 e. The smallest absolute Gasteiger partial charge is 0.330 e. The lowest BCUT2D eigenvalue weighted by molar-refractivity contribution is -0.139. The molecule has 13 heteroatoms. The molecule has 2 rings (SSSR count). The van der Waals surface area contributed by atoms with Gasteiger partial charge >= 0.3 is 11.9 Å². The summed E-state index contributed by atoms with van der Waals surface area (Å²) < 4.78 is 5.14. The molecule has 0 fully saturated rings. The van der Waals surface area contributed by atoms with Crippen LogP contribution in [0.25, 0.3) is 10.8 Å². The number of aliphatic carboxylic acids is 1. The Morgan fingerprint density at radius 2 is 1.83 bits per heavy atom. The molecule has 2 amide bonds. The summed E-state index contributed by atoms with van der Waals surface area (Å²) in [5.41, 5.74) is 5.41. The van der Waals surface area contributed by atoms with Gasteiger partial charge in [0.05, 0.1) is 5.39 Å². The SMILES string of the molecule is CSC[C@H](NC(=O)CC[C@H](N)C(=O)O)C(=O)NCC(=O)Oc1c(C)c(O)c2cccc(O)c2c1O. The first-order chi connectivity index (χ1) is 16.5. The van der Waals surface area contributed by atoms with Crippen molar-refractivity contribution < 1.29 is 44.3 Å². The van der Waals surface area contributed by atoms with Crippen LogP contribution in [0.4, 0.5) is 0 Å². The lowest BCUT2D eigenvalue weighted by Gasteiger charge is -2.18. The fourth-order valence-corrected chi connectivity index (χ4v) is 3.74. The number of carboxylic acids is 1. The van der Waals surface area contributed by atoms with E-state index in [4.69, 9.17) is 15.6 Å². The zero-order valence-corrected chi connectivity index (χ0v) is 19.8. The minimum atomic E-state index is -1.24. The Morgan fingerprint density at radius 3 is 2.46 bits per heavy atom. The number of benzene rings is 2. The summed E-state index contributed by atoms with van der Waals surface area (Å²) in [5, 5.41) is 44.6. The number of hydrogen-bond donors (Lipinski definition) is 7. The Labute approximate surface area is 204 Å². The predicted molar refractivity (Wildman–Crippen MR) is 127 cm³/mol. The number of nitrogens with one attached hydrogen (secondary N) is 2. The van der Waals surface area contributed by atoms with E-state index in [1.54, 1.807) is 6.26 Å². The summed E-state index contributed by atoms with van der Waals surface area (Å²) in [6.45, 7) is 0.780. The number of carboxylic acid groups (broad SMARTS) is 1. The van der Waals surface area contributed by atoms with Gasteiger partial charge in [0.25, 0.3) is 0 Å². The van der Waals surface area contributed by atoms with E-state index < -0.39 is 48.1 Å². The van der Waals surface area contributed by atoms with E-state index in [9.17, 15) is 34.5 Å². The van der Waals surface area contributed by atoms with Crippen molar-refractivity contribution in [3.8, 4) is 23.0 Å². The third-order valence-corrected chi connectivity index (χ3v) is 5.72. The lowest BCUT2D eigenvalue weighted by atomic mass is 10.0. The minimum Gasteiger partial charge on any atom is -0.507 e. The number of aromatic hydroxyl groups is 3. The van der Waals surface area contributed by atoms with Crippen LogP contribution in [-0.4, -0.2) is 74.8 Å². The predicted octanol–water partition coefficient (Wildman–Crippen LogP) is 0.327. The Hall–Kier alpha value is -3.71. The zero-order valence-electron chi connectivity index (χ0n) is 19.0. The average Bonchev–Trinajstić information content (AvgIpc) is 2.81. The number of rotatable bonds is 11. The molecule has 0 spiro atoms. The summed E-state index contributed by atoms with van der Waals surface area (Å²) in [4.78, 5) is 47.7. The minimum absolute atomic E-state index is 0.0485. The molecule has 0 unspecified atom stereocenters. The van der Waals surface area contributed by atoms with Crippen molar-refractivity contribution >= 4 is 46.3 Å². The summed E-state index contributed by atoms with van der Waals surface area (Å²) in [6, 6.07) is 2.01. The van der Waals surface area contributed by atoms with Crippen molar-refractivity contribution in [3.05, 3.63) is 23.8 Å². The van der Waals surface area contributed by atoms with Crippen LogP contribution in [0.5, 0.6) is 23.0 Å². The monoisotopic (exact) mass is 509 g/mol. The van der Waals surface area contributed by atoms with Crippen molar-refractivity contribution in [2.75, 3.05) is 18.6 Å². The van der Waals surface area contributed by atoms with Gasteiger partial charge in [-0.25, -0.2) is 4.79 Å². The van der Waals surface area contributed by atoms with Crippen LogP contribution in [0.3, 0.4) is 0 Å². The number of carbonyl (C=O) groups is 4. The third-order valence-electron chi connectivity index (χ3n) is 5.05. The van der Waals surface area contributed by atoms with Gasteiger partial charge in [-0.15, -0.1) is 0 Å². The van der Waals surface area contributed by atoms with Crippen LogP contribution >= 0.6 is 11.8 Å². The van der Waals surface area contributed by atoms with E-state index in [0.717, 1.165) is 0 Å². The number of hydrogen-bond acceptors (Lipinski definition) is 10. The fraction of sp³-hybridized carbons (Fsp3) is 0.364. The van der Waals surface area contributed by atoms with Crippen LogP contribution < -0.4 is 21.1 Å². The highest BCUT2D eigenvalue weighted by molar-refractivity contribution is 7.98. The number of carbonyl (C=O) groups excluding carboxylic acids is 3. The molecule has 0 aliphatic heterocycles. The molecule has 0 radical (unpaired) electrons. The van der Waals surface area contributed by atoms with Gasteiger partial charge in [-0.3, -0.25) is 14.4 Å². The summed E-state index contributed by atoms with van der Waals surface area (Å²) >= 11 is 1.26. The Morgan fingerprint density at radius 1 is 1.14 bits per heavy atom. The van der Waals surface area contributed by atoms with E-state index in [1.165, 1.54) is 36.9 Å². The molecule has 0 saturated heterocycles. The van der Waals surface area contributed by atoms with E-state index in [2.05, 4.69) is 10.6 Å². The molecule has 0 aromatic heterocycles. The molecule has 0 bridgehead atoms. The molecule has 2 aromatic carbocycles. The molecule has 35 heavy (non-hydrogen) atoms. The third kappa shape index (κ3) is 6.90. The van der Waals surface area contributed by atoms with Crippen LogP contribution in [0.15, 0.2) is 18.2 Å². The molecule has 8 N–H and O–H groups in total. The maximum Gasteiger partial charge on any atom is 0.330 e. The highest BCUT2D eigenvalue weighted by atomic mass is 32.2. The Bertz CT molecular complexity index is 1140. The molecule has 0 heterocycles. The van der Waals surface area contributed by atoms with Gasteiger partial charge in [-0.2, -0.15) is 11.8 Å². The topological polar surface area (TPSA) is 209 Å². The van der Waals surface area contributed by atoms with Gasteiger partial charge in [0.15, 0.2) is 11.5 Å². The van der Waals surface area contributed by atoms with E-state index in [1.807, 2.05) is 0 Å². The van der Waals surface area contributed by atoms with Crippen molar-refractivity contribution in [3.63, 3.8) is 0 Å². The van der Waals surface area contributed by atoms with E-state index in [0.29, 0.717) is 0 Å². The Balaban J connectivity index is 2.04. The van der Waals surface area contributed by atoms with Crippen LogP contribution in [-0.2, 0) is 19.2 Å². The molecule has 2 atom stereocenters. The van der Waals surface area contributed by atoms with Crippen LogP contribution in [0.2, 0.25) is 0 Å². The quantitative estimate of drug-likeness (QED) is 0.125. The maximum atomic E-state index is 12.5. The first kappa shape index (κ1) is 27.5. The van der Waals surface area contributed by atoms with Crippen LogP contribution in [0, 0.1) is 6.92 Å². The number of esters is 1. The second-order valence-electron chi connectivity index (χ2n) is 7.60. The first-order valence-electron chi connectivity index (χ1n) is 10.4. The highest BCUT2D eigenvalue weighted by Crippen LogP contribution is 2.47. The number of nitrogens with two attached hydrogens (primary N) is 1. The van der Waals surface area contributed by atoms with Crippen molar-refractivity contribution in [2.24, 2.45) is 5.73 Å². The first-order valence-corrected chi connectivity index (χ1v) is 11.8. The highest BCUT2D eigenvalue weighted by Gasteiger charge is 2.24. The number of ether oxygens (including phenoxy) is 1. The molecule has 0 saturated carbocycles. The Kier molecular flexibility index (Phi) is 9.54. The second-order valence-corrected chi connectivity index (χ2v) is 8.51. The molecular weight excluding hydrogens is 482 g/mol. The zero-order chi connectivity index (χ0) is 26.3. The average molecular weight is 510 g/mol. The second kappa shape index (κ2) is 12.1. The van der Waals surface area contributed by atoms with Gasteiger partial charge < -0.3 is 41.5 Å². The van der Waals surface area contributed by atoms with Crippen molar-refractivity contribution in [1.82, 2.24) is 10.6 Å². The van der Waals surface area contributed by atoms with Crippen LogP contribution in [0.1, 0.15) is 18.4 Å². The maximum absolute atomic E-state index is 12.5.